The van der Waals surface area contributed by atoms with Gasteiger partial charge in [-0.2, -0.15) is 0 Å². The maximum atomic E-state index is 13.4. The summed E-state index contributed by atoms with van der Waals surface area (Å²) in [5.74, 6) is -0.850. The van der Waals surface area contributed by atoms with Crippen molar-refractivity contribution in [2.45, 2.75) is 12.5 Å². The van der Waals surface area contributed by atoms with Crippen molar-refractivity contribution < 1.29 is 8.78 Å². The van der Waals surface area contributed by atoms with E-state index in [0.717, 1.165) is 5.56 Å². The highest BCUT2D eigenvalue weighted by Gasteiger charge is 2.14. The maximum Gasteiger partial charge on any atom is 0.142 e. The van der Waals surface area contributed by atoms with Crippen LogP contribution in [0.5, 0.6) is 0 Å². The summed E-state index contributed by atoms with van der Waals surface area (Å²) < 4.78 is 27.3. The Morgan fingerprint density at radius 2 is 1.95 bits per heavy atom. The third-order valence-corrected chi connectivity index (χ3v) is 3.62. The van der Waals surface area contributed by atoms with Gasteiger partial charge >= 0.3 is 0 Å². The lowest BCUT2D eigenvalue weighted by Gasteiger charge is -2.14. The van der Waals surface area contributed by atoms with Crippen molar-refractivity contribution in [1.82, 2.24) is 0 Å². The molecule has 1 nitrogen and oxygen atoms in total. The van der Waals surface area contributed by atoms with Crippen LogP contribution in [0.3, 0.4) is 0 Å². The minimum absolute atomic E-state index is 0.0190. The minimum atomic E-state index is -0.505. The van der Waals surface area contributed by atoms with Crippen LogP contribution in [0, 0.1) is 11.6 Å². The Balaban J connectivity index is 2.25. The fourth-order valence-corrected chi connectivity index (χ4v) is 2.68. The van der Waals surface area contributed by atoms with Gasteiger partial charge < -0.3 is 5.73 Å². The Hall–Kier alpha value is -0.970. The predicted molar refractivity (Wildman–Crippen MR) is 76.1 cm³/mol. The molecule has 2 rings (SSSR count). The number of benzene rings is 2. The molecular weight excluding hydrogens is 336 g/mol. The van der Waals surface area contributed by atoms with E-state index < -0.39 is 11.9 Å². The van der Waals surface area contributed by atoms with E-state index in [1.165, 1.54) is 18.2 Å². The first kappa shape index (κ1) is 14.4. The van der Waals surface area contributed by atoms with Gasteiger partial charge in [-0.25, -0.2) is 8.78 Å². The zero-order valence-electron chi connectivity index (χ0n) is 9.84. The molecular formula is C14H11BrClF2N. The highest BCUT2D eigenvalue weighted by Crippen LogP contribution is 2.27. The summed E-state index contributed by atoms with van der Waals surface area (Å²) >= 11 is 9.10. The van der Waals surface area contributed by atoms with Crippen LogP contribution in [-0.4, -0.2) is 0 Å². The number of rotatable bonds is 3. The SMILES string of the molecule is NC(Cc1cc(F)cc(Br)c1)c1cccc(F)c1Cl. The van der Waals surface area contributed by atoms with E-state index in [2.05, 4.69) is 15.9 Å². The van der Waals surface area contributed by atoms with E-state index in [9.17, 15) is 8.78 Å². The number of hydrogen-bond donors (Lipinski definition) is 1. The average molecular weight is 347 g/mol. The van der Waals surface area contributed by atoms with Crippen molar-refractivity contribution in [2.75, 3.05) is 0 Å². The molecule has 19 heavy (non-hydrogen) atoms. The van der Waals surface area contributed by atoms with Crippen LogP contribution >= 0.6 is 27.5 Å². The molecule has 0 aliphatic heterocycles. The van der Waals surface area contributed by atoms with E-state index in [4.69, 9.17) is 17.3 Å². The van der Waals surface area contributed by atoms with Gasteiger partial charge in [0.05, 0.1) is 5.02 Å². The first-order valence-corrected chi connectivity index (χ1v) is 6.79. The van der Waals surface area contributed by atoms with Crippen LogP contribution in [0.2, 0.25) is 5.02 Å². The lowest BCUT2D eigenvalue weighted by molar-refractivity contribution is 0.614. The van der Waals surface area contributed by atoms with Crippen LogP contribution < -0.4 is 5.73 Å². The van der Waals surface area contributed by atoms with E-state index in [-0.39, 0.29) is 10.8 Å². The standard InChI is InChI=1S/C14H11BrClF2N/c15-9-4-8(5-10(17)7-9)6-13(19)11-2-1-3-12(18)14(11)16/h1-5,7,13H,6,19H2. The summed E-state index contributed by atoms with van der Waals surface area (Å²) in [4.78, 5) is 0. The molecule has 0 fully saturated rings. The van der Waals surface area contributed by atoms with Gasteiger partial charge in [0.15, 0.2) is 0 Å². The monoisotopic (exact) mass is 345 g/mol. The Bertz CT molecular complexity index is 584. The summed E-state index contributed by atoms with van der Waals surface area (Å²) in [6.45, 7) is 0. The van der Waals surface area contributed by atoms with Crippen LogP contribution in [0.4, 0.5) is 8.78 Å². The Morgan fingerprint density at radius 1 is 1.21 bits per heavy atom. The zero-order chi connectivity index (χ0) is 14.0. The Morgan fingerprint density at radius 3 is 2.63 bits per heavy atom. The van der Waals surface area contributed by atoms with Gasteiger partial charge in [0.25, 0.3) is 0 Å². The molecule has 0 aromatic heterocycles. The molecule has 100 valence electrons. The first-order valence-electron chi connectivity index (χ1n) is 5.62. The Labute approximate surface area is 123 Å². The molecule has 0 amide bonds. The van der Waals surface area contributed by atoms with E-state index in [0.29, 0.717) is 16.5 Å². The second-order valence-electron chi connectivity index (χ2n) is 4.23. The normalized spacial score (nSPS) is 12.5. The molecule has 0 spiro atoms. The minimum Gasteiger partial charge on any atom is -0.324 e. The van der Waals surface area contributed by atoms with Gasteiger partial charge in [-0.05, 0) is 41.8 Å². The molecule has 2 N–H and O–H groups in total. The zero-order valence-corrected chi connectivity index (χ0v) is 12.2. The van der Waals surface area contributed by atoms with Gasteiger partial charge in [0.1, 0.15) is 11.6 Å². The fraction of sp³-hybridized carbons (Fsp3) is 0.143. The number of halogens is 4. The molecule has 1 atom stereocenters. The summed E-state index contributed by atoms with van der Waals surface area (Å²) in [7, 11) is 0. The predicted octanol–water partition coefficient (Wildman–Crippen LogP) is 4.62. The number of hydrogen-bond acceptors (Lipinski definition) is 1. The first-order chi connectivity index (χ1) is 8.97. The summed E-state index contributed by atoms with van der Waals surface area (Å²) in [5, 5.41) is 0.0190. The highest BCUT2D eigenvalue weighted by molar-refractivity contribution is 9.10. The third-order valence-electron chi connectivity index (χ3n) is 2.76. The molecule has 0 aliphatic rings. The van der Waals surface area contributed by atoms with Crippen LogP contribution in [0.1, 0.15) is 17.2 Å². The maximum absolute atomic E-state index is 13.4. The van der Waals surface area contributed by atoms with E-state index in [1.54, 1.807) is 18.2 Å². The smallest absolute Gasteiger partial charge is 0.142 e. The molecule has 0 saturated carbocycles. The fourth-order valence-electron chi connectivity index (χ4n) is 1.90. The summed E-state index contributed by atoms with van der Waals surface area (Å²) in [6, 6.07) is 8.55. The molecule has 2 aromatic rings. The Kier molecular flexibility index (Phi) is 4.55. The van der Waals surface area contributed by atoms with Crippen molar-refractivity contribution in [2.24, 2.45) is 5.73 Å². The van der Waals surface area contributed by atoms with Crippen molar-refractivity contribution in [3.8, 4) is 0 Å². The van der Waals surface area contributed by atoms with E-state index in [1.807, 2.05) is 0 Å². The van der Waals surface area contributed by atoms with Crippen LogP contribution in [0.15, 0.2) is 40.9 Å². The molecule has 0 radical (unpaired) electrons. The lowest BCUT2D eigenvalue weighted by atomic mass is 9.99. The highest BCUT2D eigenvalue weighted by atomic mass is 79.9. The molecule has 1 unspecified atom stereocenters. The van der Waals surface area contributed by atoms with Gasteiger partial charge in [0, 0.05) is 10.5 Å². The molecule has 0 bridgehead atoms. The molecule has 2 aromatic carbocycles. The van der Waals surface area contributed by atoms with Crippen molar-refractivity contribution in [3.63, 3.8) is 0 Å². The molecule has 0 aliphatic carbocycles. The second-order valence-corrected chi connectivity index (χ2v) is 5.52. The quantitative estimate of drug-likeness (QED) is 0.862. The van der Waals surface area contributed by atoms with Gasteiger partial charge in [-0.3, -0.25) is 0 Å². The average Bonchev–Trinajstić information content (AvgIpc) is 2.31. The van der Waals surface area contributed by atoms with Gasteiger partial charge in [-0.1, -0.05) is 39.7 Å². The molecule has 0 heterocycles. The molecule has 5 heteroatoms. The van der Waals surface area contributed by atoms with Crippen LogP contribution in [0.25, 0.3) is 0 Å². The van der Waals surface area contributed by atoms with Gasteiger partial charge in [-0.15, -0.1) is 0 Å². The second kappa shape index (κ2) is 5.99. The van der Waals surface area contributed by atoms with Crippen LogP contribution in [-0.2, 0) is 6.42 Å². The van der Waals surface area contributed by atoms with Crippen molar-refractivity contribution >= 4 is 27.5 Å². The topological polar surface area (TPSA) is 26.0 Å². The van der Waals surface area contributed by atoms with Crippen molar-refractivity contribution in [3.05, 3.63) is 68.7 Å². The lowest BCUT2D eigenvalue weighted by Crippen LogP contribution is -2.14. The van der Waals surface area contributed by atoms with Crippen molar-refractivity contribution in [1.29, 1.82) is 0 Å². The van der Waals surface area contributed by atoms with E-state index >= 15 is 0 Å². The largest absolute Gasteiger partial charge is 0.324 e. The molecule has 0 saturated heterocycles. The van der Waals surface area contributed by atoms with Gasteiger partial charge in [0.2, 0.25) is 0 Å². The summed E-state index contributed by atoms with van der Waals surface area (Å²) in [6.07, 6.45) is 0.375. The third kappa shape index (κ3) is 3.53. The summed E-state index contributed by atoms with van der Waals surface area (Å²) in [5.41, 5.74) is 7.25. The number of nitrogens with two attached hydrogens (primary N) is 1.